The van der Waals surface area contributed by atoms with Crippen LogP contribution in [0.1, 0.15) is 32.3 Å². The Bertz CT molecular complexity index is 321. The van der Waals surface area contributed by atoms with E-state index in [9.17, 15) is 0 Å². The molecule has 1 N–H and O–H groups in total. The number of nitrogens with one attached hydrogen (secondary N) is 1. The van der Waals surface area contributed by atoms with Gasteiger partial charge in [-0.2, -0.15) is 0 Å². The minimum absolute atomic E-state index is 0.266. The zero-order chi connectivity index (χ0) is 13.1. The average Bonchev–Trinajstić information content (AvgIpc) is 2.41. The highest BCUT2D eigenvalue weighted by molar-refractivity contribution is 5.48. The maximum atomic E-state index is 5.69. The fourth-order valence-electron chi connectivity index (χ4n) is 1.63. The van der Waals surface area contributed by atoms with Crippen molar-refractivity contribution in [2.75, 3.05) is 19.7 Å². The van der Waals surface area contributed by atoms with E-state index < -0.39 is 0 Å². The van der Waals surface area contributed by atoms with Gasteiger partial charge in [0.1, 0.15) is 0 Å². The van der Waals surface area contributed by atoms with Crippen molar-refractivity contribution in [2.24, 2.45) is 0 Å². The molecule has 1 rings (SSSR count). The molecule has 1 atom stereocenters. The van der Waals surface area contributed by atoms with Gasteiger partial charge in [0, 0.05) is 6.54 Å². The molecule has 0 saturated heterocycles. The smallest absolute Gasteiger partial charge is 0.0675 e. The Kier molecular flexibility index (Phi) is 8.19. The van der Waals surface area contributed by atoms with Gasteiger partial charge in [0.25, 0.3) is 0 Å². The summed E-state index contributed by atoms with van der Waals surface area (Å²) in [5.41, 5.74) is 1.22. The van der Waals surface area contributed by atoms with Crippen molar-refractivity contribution in [3.05, 3.63) is 42.0 Å². The molecular weight excluding hydrogens is 222 g/mol. The molecule has 0 aromatic heterocycles. The summed E-state index contributed by atoms with van der Waals surface area (Å²) < 4.78 is 5.69. The van der Waals surface area contributed by atoms with Crippen LogP contribution in [0.2, 0.25) is 0 Å². The van der Waals surface area contributed by atoms with Gasteiger partial charge in [-0.25, -0.2) is 0 Å². The Labute approximate surface area is 111 Å². The Balaban J connectivity index is 2.08. The SMILES string of the molecule is CCCCNCC(C)OC/C=C/c1ccccc1. The van der Waals surface area contributed by atoms with E-state index in [-0.39, 0.29) is 6.10 Å². The molecule has 1 aromatic rings. The van der Waals surface area contributed by atoms with Gasteiger partial charge < -0.3 is 10.1 Å². The maximum Gasteiger partial charge on any atom is 0.0675 e. The topological polar surface area (TPSA) is 21.3 Å². The van der Waals surface area contributed by atoms with E-state index in [4.69, 9.17) is 4.74 Å². The monoisotopic (exact) mass is 247 g/mol. The van der Waals surface area contributed by atoms with Crippen LogP contribution in [0.15, 0.2) is 36.4 Å². The molecule has 0 spiro atoms. The van der Waals surface area contributed by atoms with Crippen molar-refractivity contribution in [3.8, 4) is 0 Å². The van der Waals surface area contributed by atoms with Crippen LogP contribution in [0.3, 0.4) is 0 Å². The first-order chi connectivity index (χ1) is 8.83. The molecule has 0 amide bonds. The normalized spacial score (nSPS) is 13.0. The van der Waals surface area contributed by atoms with Gasteiger partial charge >= 0.3 is 0 Å². The number of ether oxygens (including phenoxy) is 1. The molecule has 0 aliphatic carbocycles. The van der Waals surface area contributed by atoms with Crippen LogP contribution < -0.4 is 5.32 Å². The molecule has 0 aliphatic rings. The first-order valence-corrected chi connectivity index (χ1v) is 6.87. The fourth-order valence-corrected chi connectivity index (χ4v) is 1.63. The second-order valence-corrected chi connectivity index (χ2v) is 4.51. The predicted molar refractivity (Wildman–Crippen MR) is 78.7 cm³/mol. The Hall–Kier alpha value is -1.12. The van der Waals surface area contributed by atoms with Gasteiger partial charge in [-0.05, 0) is 25.5 Å². The lowest BCUT2D eigenvalue weighted by atomic mass is 10.2. The van der Waals surface area contributed by atoms with Crippen molar-refractivity contribution >= 4 is 6.08 Å². The quantitative estimate of drug-likeness (QED) is 0.674. The van der Waals surface area contributed by atoms with Gasteiger partial charge in [-0.15, -0.1) is 0 Å². The molecule has 1 aromatic carbocycles. The van der Waals surface area contributed by atoms with E-state index >= 15 is 0 Å². The summed E-state index contributed by atoms with van der Waals surface area (Å²) >= 11 is 0. The minimum Gasteiger partial charge on any atom is -0.373 e. The molecule has 0 fully saturated rings. The molecule has 0 saturated carbocycles. The number of hydrogen-bond donors (Lipinski definition) is 1. The third kappa shape index (κ3) is 7.25. The predicted octanol–water partition coefficient (Wildman–Crippen LogP) is 3.49. The fraction of sp³-hybridized carbons (Fsp3) is 0.500. The number of unbranched alkanes of at least 4 members (excludes halogenated alkanes) is 1. The summed E-state index contributed by atoms with van der Waals surface area (Å²) in [5, 5.41) is 3.40. The molecule has 18 heavy (non-hydrogen) atoms. The first-order valence-electron chi connectivity index (χ1n) is 6.87. The molecule has 0 heterocycles. The summed E-state index contributed by atoms with van der Waals surface area (Å²) in [6.07, 6.45) is 6.90. The molecule has 2 heteroatoms. The molecule has 1 unspecified atom stereocenters. The number of rotatable bonds is 9. The van der Waals surface area contributed by atoms with Crippen molar-refractivity contribution in [1.82, 2.24) is 5.32 Å². The van der Waals surface area contributed by atoms with E-state index in [0.29, 0.717) is 6.61 Å². The Morgan fingerprint density at radius 3 is 2.78 bits per heavy atom. The zero-order valence-electron chi connectivity index (χ0n) is 11.6. The summed E-state index contributed by atoms with van der Waals surface area (Å²) in [6.45, 7) is 7.00. The third-order valence-electron chi connectivity index (χ3n) is 2.73. The molecular formula is C16H25NO. The van der Waals surface area contributed by atoms with Crippen molar-refractivity contribution in [1.29, 1.82) is 0 Å². The van der Waals surface area contributed by atoms with Crippen molar-refractivity contribution in [3.63, 3.8) is 0 Å². The molecule has 0 radical (unpaired) electrons. The Morgan fingerprint density at radius 1 is 1.28 bits per heavy atom. The van der Waals surface area contributed by atoms with Crippen molar-refractivity contribution in [2.45, 2.75) is 32.8 Å². The van der Waals surface area contributed by atoms with Crippen LogP contribution in [0.5, 0.6) is 0 Å². The van der Waals surface area contributed by atoms with E-state index in [0.717, 1.165) is 13.1 Å². The lowest BCUT2D eigenvalue weighted by molar-refractivity contribution is 0.0882. The van der Waals surface area contributed by atoms with Crippen LogP contribution in [0.4, 0.5) is 0 Å². The number of hydrogen-bond acceptors (Lipinski definition) is 2. The Morgan fingerprint density at radius 2 is 2.06 bits per heavy atom. The van der Waals surface area contributed by atoms with E-state index in [1.807, 2.05) is 18.2 Å². The standard InChI is InChI=1S/C16H25NO/c1-3-4-12-17-14-15(2)18-13-8-11-16-9-6-5-7-10-16/h5-11,15,17H,3-4,12-14H2,1-2H3/b11-8+. The largest absolute Gasteiger partial charge is 0.373 e. The minimum atomic E-state index is 0.266. The van der Waals surface area contributed by atoms with Gasteiger partial charge in [0.15, 0.2) is 0 Å². The van der Waals surface area contributed by atoms with Gasteiger partial charge in [0.05, 0.1) is 12.7 Å². The summed E-state index contributed by atoms with van der Waals surface area (Å²) in [4.78, 5) is 0. The van der Waals surface area contributed by atoms with Crippen LogP contribution in [0, 0.1) is 0 Å². The van der Waals surface area contributed by atoms with Crippen LogP contribution >= 0.6 is 0 Å². The van der Waals surface area contributed by atoms with Gasteiger partial charge in [-0.1, -0.05) is 55.8 Å². The molecule has 100 valence electrons. The second-order valence-electron chi connectivity index (χ2n) is 4.51. The van der Waals surface area contributed by atoms with E-state index in [1.54, 1.807) is 0 Å². The molecule has 0 aliphatic heterocycles. The molecule has 2 nitrogen and oxygen atoms in total. The van der Waals surface area contributed by atoms with Crippen LogP contribution in [0.25, 0.3) is 6.08 Å². The maximum absolute atomic E-state index is 5.69. The summed E-state index contributed by atoms with van der Waals surface area (Å²) in [5.74, 6) is 0. The lowest BCUT2D eigenvalue weighted by Crippen LogP contribution is -2.27. The average molecular weight is 247 g/mol. The van der Waals surface area contributed by atoms with Crippen molar-refractivity contribution < 1.29 is 4.74 Å². The van der Waals surface area contributed by atoms with Gasteiger partial charge in [-0.3, -0.25) is 0 Å². The van der Waals surface area contributed by atoms with E-state index in [1.165, 1.54) is 18.4 Å². The first kappa shape index (κ1) is 14.9. The second kappa shape index (κ2) is 9.86. The number of benzene rings is 1. The highest BCUT2D eigenvalue weighted by Crippen LogP contribution is 2.01. The van der Waals surface area contributed by atoms with E-state index in [2.05, 4.69) is 43.4 Å². The van der Waals surface area contributed by atoms with Gasteiger partial charge in [0.2, 0.25) is 0 Å². The molecule has 0 bridgehead atoms. The summed E-state index contributed by atoms with van der Waals surface area (Å²) in [6, 6.07) is 10.3. The summed E-state index contributed by atoms with van der Waals surface area (Å²) in [7, 11) is 0. The zero-order valence-corrected chi connectivity index (χ0v) is 11.6. The lowest BCUT2D eigenvalue weighted by Gasteiger charge is -2.12. The highest BCUT2D eigenvalue weighted by Gasteiger charge is 1.99. The highest BCUT2D eigenvalue weighted by atomic mass is 16.5. The van der Waals surface area contributed by atoms with Crippen LogP contribution in [-0.4, -0.2) is 25.8 Å². The third-order valence-corrected chi connectivity index (χ3v) is 2.73. The van der Waals surface area contributed by atoms with Crippen LogP contribution in [-0.2, 0) is 4.74 Å².